The van der Waals surface area contributed by atoms with Crippen molar-refractivity contribution >= 4 is 32.6 Å². The summed E-state index contributed by atoms with van der Waals surface area (Å²) < 4.78 is 130. The third-order valence-electron chi connectivity index (χ3n) is 9.43. The summed E-state index contributed by atoms with van der Waals surface area (Å²) in [6.07, 6.45) is 0. The Labute approximate surface area is 330 Å². The number of hydrogen-bond donors (Lipinski definition) is 0. The van der Waals surface area contributed by atoms with Gasteiger partial charge in [-0.3, -0.25) is 4.57 Å². The van der Waals surface area contributed by atoms with Crippen LogP contribution >= 0.6 is 0 Å². The maximum atomic E-state index is 8.93. The van der Waals surface area contributed by atoms with E-state index in [1.165, 1.54) is 0 Å². The van der Waals surface area contributed by atoms with Crippen molar-refractivity contribution in [3.8, 4) is 61.6 Å². The lowest BCUT2D eigenvalue weighted by molar-refractivity contribution is 1.10. The molecule has 0 bridgehead atoms. The highest BCUT2D eigenvalue weighted by atomic mass is 15.1. The largest absolute Gasteiger partial charge is 0.292 e. The van der Waals surface area contributed by atoms with Crippen LogP contribution in [0.25, 0.3) is 94.2 Å². The van der Waals surface area contributed by atoms with Crippen molar-refractivity contribution in [2.75, 3.05) is 0 Å². The molecule has 0 aliphatic rings. The molecule has 9 aromatic carbocycles. The van der Waals surface area contributed by atoms with Gasteiger partial charge in [0.05, 0.1) is 31.6 Å². The van der Waals surface area contributed by atoms with Crippen molar-refractivity contribution in [3.05, 3.63) is 206 Å². The van der Waals surface area contributed by atoms with E-state index in [1.54, 1.807) is 59.2 Å². The van der Waals surface area contributed by atoms with E-state index in [0.717, 1.165) is 16.3 Å². The predicted molar refractivity (Wildman–Crippen MR) is 223 cm³/mol. The van der Waals surface area contributed by atoms with E-state index in [4.69, 9.17) is 25.5 Å². The summed E-state index contributed by atoms with van der Waals surface area (Å²) in [7, 11) is 0. The Morgan fingerprint density at radius 3 is 1.57 bits per heavy atom. The van der Waals surface area contributed by atoms with Gasteiger partial charge in [0.15, 0.2) is 0 Å². The topological polar surface area (TPSA) is 17.8 Å². The van der Waals surface area contributed by atoms with E-state index in [0.29, 0.717) is 61.0 Å². The minimum absolute atomic E-state index is 0.0000112. The summed E-state index contributed by atoms with van der Waals surface area (Å²) in [4.78, 5) is 4.97. The first-order chi connectivity index (χ1) is 32.5. The van der Waals surface area contributed by atoms with E-state index < -0.39 is 66.5 Å². The number of benzene rings is 9. The Morgan fingerprint density at radius 2 is 0.887 bits per heavy atom. The van der Waals surface area contributed by atoms with Crippen LogP contribution < -0.4 is 0 Å². The molecule has 0 spiro atoms. The maximum absolute atomic E-state index is 8.93. The Hall–Kier alpha value is -7.03. The minimum atomic E-state index is -0.525. The maximum Gasteiger partial charge on any atom is 0.145 e. The SMILES string of the molecule is [2H]c1c([2H])c([2H])c(-c2cccc(-c3c4ccccc4c(-c4cccc(-c5nc6ccccc6n5-c5c([2H])c([2H])c([2H])c([2H])c5[2H])c4)c4ccc(-c5c([2H])c([2H])c([2H])c([2H])c5[2H])cc34)c2)c([2H])c1[2H]. The molecule has 0 fully saturated rings. The van der Waals surface area contributed by atoms with Gasteiger partial charge < -0.3 is 0 Å². The third kappa shape index (κ3) is 5.40. The fourth-order valence-electron chi connectivity index (χ4n) is 7.19. The summed E-state index contributed by atoms with van der Waals surface area (Å²) in [6, 6.07) is 28.0. The van der Waals surface area contributed by atoms with E-state index in [-0.39, 0.29) is 41.0 Å². The monoisotopic (exact) mass is 689 g/mol. The average Bonchev–Trinajstić information content (AvgIpc) is 3.73. The van der Waals surface area contributed by atoms with Gasteiger partial charge in [0.25, 0.3) is 0 Å². The molecule has 248 valence electrons. The highest BCUT2D eigenvalue weighted by Gasteiger charge is 2.20. The molecule has 0 aliphatic carbocycles. The van der Waals surface area contributed by atoms with Gasteiger partial charge in [-0.1, -0.05) is 163 Å². The van der Waals surface area contributed by atoms with Crippen LogP contribution in [-0.2, 0) is 0 Å². The van der Waals surface area contributed by atoms with E-state index in [1.807, 2.05) is 60.7 Å². The summed E-state index contributed by atoms with van der Waals surface area (Å²) in [5.41, 5.74) is 5.04. The van der Waals surface area contributed by atoms with Gasteiger partial charge in [-0.25, -0.2) is 4.98 Å². The second-order valence-electron chi connectivity index (χ2n) is 12.5. The van der Waals surface area contributed by atoms with E-state index in [9.17, 15) is 0 Å². The number of imidazole rings is 1. The molecule has 0 atom stereocenters. The van der Waals surface area contributed by atoms with E-state index >= 15 is 0 Å². The summed E-state index contributed by atoms with van der Waals surface area (Å²) in [5.74, 6) is 0.324. The van der Waals surface area contributed by atoms with Crippen LogP contribution in [0, 0.1) is 0 Å². The number of nitrogens with zero attached hydrogens (tertiary/aromatic N) is 2. The zero-order chi connectivity index (χ0) is 48.2. The normalized spacial score (nSPS) is 15.4. The van der Waals surface area contributed by atoms with Crippen LogP contribution in [0.4, 0.5) is 0 Å². The second kappa shape index (κ2) is 12.9. The number of para-hydroxylation sites is 3. The predicted octanol–water partition coefficient (Wildman–Crippen LogP) is 13.7. The molecule has 0 aliphatic heterocycles. The van der Waals surface area contributed by atoms with Gasteiger partial charge in [-0.2, -0.15) is 0 Å². The first-order valence-electron chi connectivity index (χ1n) is 24.4. The quantitative estimate of drug-likeness (QED) is 0.159. The fraction of sp³-hybridized carbons (Fsp3) is 0. The van der Waals surface area contributed by atoms with Crippen molar-refractivity contribution < 1.29 is 20.6 Å². The smallest absolute Gasteiger partial charge is 0.145 e. The molecule has 53 heavy (non-hydrogen) atoms. The zero-order valence-electron chi connectivity index (χ0n) is 42.9. The van der Waals surface area contributed by atoms with Crippen LogP contribution in [-0.4, -0.2) is 9.55 Å². The highest BCUT2D eigenvalue weighted by molar-refractivity contribution is 6.22. The van der Waals surface area contributed by atoms with Crippen molar-refractivity contribution in [2.24, 2.45) is 0 Å². The number of rotatable bonds is 6. The summed E-state index contributed by atoms with van der Waals surface area (Å²) >= 11 is 0. The Morgan fingerprint density at radius 1 is 0.377 bits per heavy atom. The van der Waals surface area contributed by atoms with Gasteiger partial charge in [0.2, 0.25) is 0 Å². The molecule has 0 radical (unpaired) electrons. The van der Waals surface area contributed by atoms with Gasteiger partial charge >= 0.3 is 0 Å². The van der Waals surface area contributed by atoms with Crippen LogP contribution in [0.1, 0.15) is 20.6 Å². The fourth-order valence-corrected chi connectivity index (χ4v) is 7.19. The molecule has 0 N–H and O–H groups in total. The average molecular weight is 690 g/mol. The molecule has 1 heterocycles. The highest BCUT2D eigenvalue weighted by Crippen LogP contribution is 2.46. The minimum Gasteiger partial charge on any atom is -0.292 e. The van der Waals surface area contributed by atoms with E-state index in [2.05, 4.69) is 0 Å². The van der Waals surface area contributed by atoms with Crippen LogP contribution in [0.3, 0.4) is 0 Å². The molecule has 0 saturated carbocycles. The van der Waals surface area contributed by atoms with Crippen molar-refractivity contribution in [3.63, 3.8) is 0 Å². The van der Waals surface area contributed by atoms with Crippen molar-refractivity contribution in [2.45, 2.75) is 0 Å². The summed E-state index contributed by atoms with van der Waals surface area (Å²) in [6.45, 7) is 0. The Bertz CT molecular complexity index is 3740. The molecule has 1 aromatic heterocycles. The molecule has 0 unspecified atom stereocenters. The molecular formula is C51H34N2. The standard InChI is InChI=1S/C51H34N2/c1-4-16-35(17-5-1)37-20-14-21-39(32-37)50-44-27-11-10-26-43(44)49(45-31-30-38(34-46(45)50)36-18-6-2-7-19-36)40-22-15-23-41(33-40)51-52-47-28-12-13-29-48(47)53(51)42-24-8-3-9-25-42/h1-34H/i1D,2D,3D,4D,5D,6D,7D,8D,9D,16D,17D,18D,19D,24D,25D. The Kier molecular flexibility index (Phi) is 4.64. The number of fused-ring (bicyclic) bond motifs is 3. The first-order valence-corrected chi connectivity index (χ1v) is 16.9. The number of hydrogen-bond acceptors (Lipinski definition) is 1. The lowest BCUT2D eigenvalue weighted by Crippen LogP contribution is -1.97. The molecule has 0 saturated heterocycles. The summed E-state index contributed by atoms with van der Waals surface area (Å²) in [5, 5.41) is 2.83. The molecular weight excluding hydrogens is 641 g/mol. The first kappa shape index (κ1) is 19.0. The number of aromatic nitrogens is 2. The molecule has 10 aromatic rings. The molecule has 10 rings (SSSR count). The second-order valence-corrected chi connectivity index (χ2v) is 12.5. The molecule has 2 heteroatoms. The lowest BCUT2D eigenvalue weighted by Gasteiger charge is -2.19. The lowest BCUT2D eigenvalue weighted by atomic mass is 9.84. The molecule has 2 nitrogen and oxygen atoms in total. The zero-order valence-corrected chi connectivity index (χ0v) is 27.9. The van der Waals surface area contributed by atoms with Gasteiger partial charge in [-0.15, -0.1) is 0 Å². The van der Waals surface area contributed by atoms with Crippen molar-refractivity contribution in [1.82, 2.24) is 9.55 Å². The van der Waals surface area contributed by atoms with Gasteiger partial charge in [-0.05, 0) is 108 Å². The van der Waals surface area contributed by atoms with Gasteiger partial charge in [0.1, 0.15) is 5.82 Å². The Balaban J connectivity index is 1.28. The van der Waals surface area contributed by atoms with Gasteiger partial charge in [0, 0.05) is 11.3 Å². The molecule has 0 amide bonds. The van der Waals surface area contributed by atoms with Crippen LogP contribution in [0.5, 0.6) is 0 Å². The van der Waals surface area contributed by atoms with Crippen molar-refractivity contribution in [1.29, 1.82) is 0 Å². The van der Waals surface area contributed by atoms with Crippen LogP contribution in [0.2, 0.25) is 0 Å². The third-order valence-corrected chi connectivity index (χ3v) is 9.43. The van der Waals surface area contributed by atoms with Crippen LogP contribution in [0.15, 0.2) is 206 Å².